The molecule has 25 heavy (non-hydrogen) atoms. The van der Waals surface area contributed by atoms with E-state index >= 15 is 0 Å². The first-order valence-corrected chi connectivity index (χ1v) is 8.90. The van der Waals surface area contributed by atoms with Crippen molar-refractivity contribution in [3.05, 3.63) is 58.4 Å². The molecule has 1 atom stereocenters. The number of carbonyl (C=O) groups excluding carboxylic acids is 1. The fourth-order valence-corrected chi connectivity index (χ4v) is 4.29. The number of anilines is 1. The van der Waals surface area contributed by atoms with Gasteiger partial charge in [0.2, 0.25) is 11.7 Å². The second-order valence-corrected chi connectivity index (χ2v) is 7.74. The molecule has 0 radical (unpaired) electrons. The Balaban J connectivity index is 1.70. The van der Waals surface area contributed by atoms with Gasteiger partial charge in [-0.15, -0.1) is 11.3 Å². The number of nitrogens with one attached hydrogen (secondary N) is 1. The Bertz CT molecular complexity index is 928. The minimum Gasteiger partial charge on any atom is -0.325 e. The summed E-state index contributed by atoms with van der Waals surface area (Å²) in [7, 11) is 0. The van der Waals surface area contributed by atoms with Crippen LogP contribution >= 0.6 is 23.1 Å². The molecule has 0 saturated carbocycles. The lowest BCUT2D eigenvalue weighted by Crippen LogP contribution is -2.22. The fraction of sp³-hybridized carbons (Fsp3) is 0.125. The van der Waals surface area contributed by atoms with Gasteiger partial charge in [0.1, 0.15) is 0 Å². The summed E-state index contributed by atoms with van der Waals surface area (Å²) in [5.41, 5.74) is 0.371. The number of para-hydroxylation sites is 1. The average molecular weight is 377 g/mol. The van der Waals surface area contributed by atoms with E-state index in [0.29, 0.717) is 0 Å². The summed E-state index contributed by atoms with van der Waals surface area (Å²) >= 11 is 2.79. The van der Waals surface area contributed by atoms with Crippen molar-refractivity contribution in [2.75, 3.05) is 5.32 Å². The minimum atomic E-state index is -0.945. The molecule has 0 aliphatic carbocycles. The number of thiazole rings is 1. The van der Waals surface area contributed by atoms with E-state index in [1.807, 2.05) is 24.3 Å². The Morgan fingerprint density at radius 1 is 1.36 bits per heavy atom. The zero-order valence-electron chi connectivity index (χ0n) is 12.9. The van der Waals surface area contributed by atoms with Gasteiger partial charge >= 0.3 is 5.69 Å². The van der Waals surface area contributed by atoms with Gasteiger partial charge < -0.3 is 5.32 Å². The minimum absolute atomic E-state index is 0.176. The molecule has 1 amide bonds. The number of rotatable bonds is 5. The van der Waals surface area contributed by atoms with Gasteiger partial charge in [0.15, 0.2) is 4.34 Å². The van der Waals surface area contributed by atoms with Crippen molar-refractivity contribution in [2.45, 2.75) is 16.5 Å². The molecule has 0 fully saturated rings. The molecule has 0 bridgehead atoms. The molecule has 6 nitrogen and oxygen atoms in total. The highest BCUT2D eigenvalue weighted by Gasteiger charge is 2.19. The second kappa shape index (κ2) is 7.16. The molecule has 1 heterocycles. The maximum atomic E-state index is 13.3. The Morgan fingerprint density at radius 2 is 2.12 bits per heavy atom. The number of nitro groups is 1. The summed E-state index contributed by atoms with van der Waals surface area (Å²) in [5.74, 6) is -1.29. The third-order valence-corrected chi connectivity index (χ3v) is 5.56. The van der Waals surface area contributed by atoms with Crippen LogP contribution in [0.4, 0.5) is 15.8 Å². The van der Waals surface area contributed by atoms with Crippen molar-refractivity contribution < 1.29 is 14.1 Å². The van der Waals surface area contributed by atoms with E-state index in [0.717, 1.165) is 26.7 Å². The van der Waals surface area contributed by atoms with Crippen LogP contribution < -0.4 is 5.32 Å². The summed E-state index contributed by atoms with van der Waals surface area (Å²) < 4.78 is 15.1. The van der Waals surface area contributed by atoms with E-state index in [9.17, 15) is 19.3 Å². The van der Waals surface area contributed by atoms with Gasteiger partial charge in [0.25, 0.3) is 0 Å². The number of hydrogen-bond acceptors (Lipinski definition) is 6. The van der Waals surface area contributed by atoms with Crippen LogP contribution in [-0.2, 0) is 4.79 Å². The van der Waals surface area contributed by atoms with Crippen LogP contribution in [0.15, 0.2) is 46.8 Å². The van der Waals surface area contributed by atoms with Gasteiger partial charge in [-0.2, -0.15) is 4.39 Å². The monoisotopic (exact) mass is 377 g/mol. The SMILES string of the molecule is CC(Sc1nc2ccccc2s1)C(=O)Nc1ccc(F)c([N+](=O)[O-])c1. The van der Waals surface area contributed by atoms with Crippen molar-refractivity contribution in [3.8, 4) is 0 Å². The van der Waals surface area contributed by atoms with Gasteiger partial charge in [0.05, 0.1) is 20.4 Å². The lowest BCUT2D eigenvalue weighted by Gasteiger charge is -2.10. The Hall–Kier alpha value is -2.52. The van der Waals surface area contributed by atoms with Gasteiger partial charge in [-0.05, 0) is 31.2 Å². The van der Waals surface area contributed by atoms with Gasteiger partial charge in [-0.1, -0.05) is 23.9 Å². The predicted molar refractivity (Wildman–Crippen MR) is 96.6 cm³/mol. The molecule has 0 saturated heterocycles. The lowest BCUT2D eigenvalue weighted by atomic mass is 10.2. The third kappa shape index (κ3) is 3.94. The molecule has 0 aliphatic rings. The van der Waals surface area contributed by atoms with Crippen molar-refractivity contribution in [1.82, 2.24) is 4.98 Å². The second-order valence-electron chi connectivity index (χ2n) is 5.12. The summed E-state index contributed by atoms with van der Waals surface area (Å²) in [5, 5.41) is 12.9. The van der Waals surface area contributed by atoms with E-state index in [2.05, 4.69) is 10.3 Å². The Kier molecular flexibility index (Phi) is 4.95. The van der Waals surface area contributed by atoms with Gasteiger partial charge in [0, 0.05) is 11.8 Å². The first-order chi connectivity index (χ1) is 11.9. The number of benzene rings is 2. The first kappa shape index (κ1) is 17.3. The van der Waals surface area contributed by atoms with Crippen LogP contribution in [0.3, 0.4) is 0 Å². The van der Waals surface area contributed by atoms with E-state index in [4.69, 9.17) is 0 Å². The van der Waals surface area contributed by atoms with Crippen LogP contribution in [0.5, 0.6) is 0 Å². The third-order valence-electron chi connectivity index (χ3n) is 3.33. The van der Waals surface area contributed by atoms with Crippen LogP contribution in [0.25, 0.3) is 10.2 Å². The molecule has 0 aliphatic heterocycles. The zero-order valence-corrected chi connectivity index (χ0v) is 14.6. The Labute approximate surface area is 150 Å². The zero-order chi connectivity index (χ0) is 18.0. The number of amides is 1. The number of carbonyl (C=O) groups is 1. The summed E-state index contributed by atoms with van der Waals surface area (Å²) in [6, 6.07) is 10.9. The maximum absolute atomic E-state index is 13.3. The van der Waals surface area contributed by atoms with E-state index in [1.165, 1.54) is 29.2 Å². The lowest BCUT2D eigenvalue weighted by molar-refractivity contribution is -0.387. The molecule has 1 N–H and O–H groups in total. The fourth-order valence-electron chi connectivity index (χ4n) is 2.08. The average Bonchev–Trinajstić information content (AvgIpc) is 2.98. The normalized spacial score (nSPS) is 12.1. The molecular formula is C16H12FN3O3S2. The van der Waals surface area contributed by atoms with Crippen molar-refractivity contribution >= 4 is 50.6 Å². The van der Waals surface area contributed by atoms with Crippen molar-refractivity contribution in [2.24, 2.45) is 0 Å². The maximum Gasteiger partial charge on any atom is 0.306 e. The van der Waals surface area contributed by atoms with Gasteiger partial charge in [-0.3, -0.25) is 14.9 Å². The highest BCUT2D eigenvalue weighted by atomic mass is 32.2. The molecule has 3 rings (SSSR count). The molecule has 9 heteroatoms. The largest absolute Gasteiger partial charge is 0.325 e. The van der Waals surface area contributed by atoms with Crippen LogP contribution in [-0.4, -0.2) is 21.1 Å². The number of aromatic nitrogens is 1. The first-order valence-electron chi connectivity index (χ1n) is 7.21. The molecule has 1 unspecified atom stereocenters. The highest BCUT2D eigenvalue weighted by molar-refractivity contribution is 8.02. The topological polar surface area (TPSA) is 85.1 Å². The van der Waals surface area contributed by atoms with Crippen LogP contribution in [0.2, 0.25) is 0 Å². The number of halogens is 1. The quantitative estimate of drug-likeness (QED) is 0.403. The number of nitro benzene ring substituents is 1. The van der Waals surface area contributed by atoms with Crippen LogP contribution in [0.1, 0.15) is 6.92 Å². The number of hydrogen-bond donors (Lipinski definition) is 1. The number of thioether (sulfide) groups is 1. The number of nitrogens with zero attached hydrogens (tertiary/aromatic N) is 2. The number of fused-ring (bicyclic) bond motifs is 1. The molecular weight excluding hydrogens is 365 g/mol. The highest BCUT2D eigenvalue weighted by Crippen LogP contribution is 2.32. The predicted octanol–water partition coefficient (Wildman–Crippen LogP) is 4.46. The van der Waals surface area contributed by atoms with Crippen molar-refractivity contribution in [1.29, 1.82) is 0 Å². The van der Waals surface area contributed by atoms with E-state index in [-0.39, 0.29) is 11.6 Å². The molecule has 128 valence electrons. The van der Waals surface area contributed by atoms with E-state index in [1.54, 1.807) is 6.92 Å². The molecule has 0 spiro atoms. The van der Waals surface area contributed by atoms with Crippen molar-refractivity contribution in [3.63, 3.8) is 0 Å². The smallest absolute Gasteiger partial charge is 0.306 e. The Morgan fingerprint density at radius 3 is 2.84 bits per heavy atom. The molecule has 2 aromatic carbocycles. The summed E-state index contributed by atoms with van der Waals surface area (Å²) in [4.78, 5) is 26.7. The molecule has 1 aromatic heterocycles. The molecule has 3 aromatic rings. The standard InChI is InChI=1S/C16H12FN3O3S2/c1-9(24-16-19-12-4-2-3-5-14(12)25-16)15(21)18-10-6-7-11(17)13(8-10)20(22)23/h2-9H,1H3,(H,18,21). The summed E-state index contributed by atoms with van der Waals surface area (Å²) in [6.07, 6.45) is 0. The van der Waals surface area contributed by atoms with Crippen LogP contribution in [0, 0.1) is 15.9 Å². The van der Waals surface area contributed by atoms with E-state index < -0.39 is 21.7 Å². The van der Waals surface area contributed by atoms with Gasteiger partial charge in [-0.25, -0.2) is 4.98 Å². The summed E-state index contributed by atoms with van der Waals surface area (Å²) in [6.45, 7) is 1.71.